The Balaban J connectivity index is 1.86. The van der Waals surface area contributed by atoms with Gasteiger partial charge in [-0.2, -0.15) is 0 Å². The lowest BCUT2D eigenvalue weighted by Crippen LogP contribution is -2.44. The van der Waals surface area contributed by atoms with E-state index in [-0.39, 0.29) is 17.9 Å². The Morgan fingerprint density at radius 3 is 2.50 bits per heavy atom. The van der Waals surface area contributed by atoms with E-state index in [0.29, 0.717) is 11.8 Å². The van der Waals surface area contributed by atoms with Crippen molar-refractivity contribution in [3.05, 3.63) is 0 Å². The first-order valence-corrected chi connectivity index (χ1v) is 9.01. The van der Waals surface area contributed by atoms with Crippen molar-refractivity contribution in [1.82, 2.24) is 5.32 Å². The minimum Gasteiger partial charge on any atom is -0.353 e. The molecule has 2 nitrogen and oxygen atoms in total. The SMILES string of the molecule is CC(C)C(CCCl)NC(=O)C1CCC2CCCCC2C1. The molecule has 2 aliphatic rings. The van der Waals surface area contributed by atoms with Crippen molar-refractivity contribution < 1.29 is 4.79 Å². The summed E-state index contributed by atoms with van der Waals surface area (Å²) < 4.78 is 0. The minimum atomic E-state index is 0.240. The molecule has 2 aliphatic carbocycles. The van der Waals surface area contributed by atoms with Crippen LogP contribution in [0.3, 0.4) is 0 Å². The van der Waals surface area contributed by atoms with Crippen molar-refractivity contribution in [2.75, 3.05) is 5.88 Å². The maximum Gasteiger partial charge on any atom is 0.223 e. The van der Waals surface area contributed by atoms with E-state index >= 15 is 0 Å². The fourth-order valence-electron chi connectivity index (χ4n) is 4.10. The van der Waals surface area contributed by atoms with Crippen molar-refractivity contribution in [3.8, 4) is 0 Å². The van der Waals surface area contributed by atoms with Gasteiger partial charge in [0.05, 0.1) is 0 Å². The molecule has 0 heterocycles. The average Bonchev–Trinajstić information content (AvgIpc) is 2.46. The summed E-state index contributed by atoms with van der Waals surface area (Å²) in [5.41, 5.74) is 0. The molecule has 0 aromatic carbocycles. The van der Waals surface area contributed by atoms with E-state index in [2.05, 4.69) is 19.2 Å². The first kappa shape index (κ1) is 16.1. The van der Waals surface area contributed by atoms with Gasteiger partial charge < -0.3 is 5.32 Å². The number of hydrogen-bond acceptors (Lipinski definition) is 1. The predicted molar refractivity (Wildman–Crippen MR) is 84.9 cm³/mol. The molecule has 0 aromatic heterocycles. The molecule has 116 valence electrons. The van der Waals surface area contributed by atoms with Gasteiger partial charge in [-0.15, -0.1) is 11.6 Å². The van der Waals surface area contributed by atoms with Crippen LogP contribution < -0.4 is 5.32 Å². The molecular formula is C17H30ClNO. The van der Waals surface area contributed by atoms with Gasteiger partial charge in [0, 0.05) is 17.8 Å². The minimum absolute atomic E-state index is 0.240. The van der Waals surface area contributed by atoms with Crippen molar-refractivity contribution in [1.29, 1.82) is 0 Å². The molecule has 0 aromatic rings. The Labute approximate surface area is 129 Å². The van der Waals surface area contributed by atoms with Crippen LogP contribution in [0.1, 0.15) is 65.2 Å². The summed E-state index contributed by atoms with van der Waals surface area (Å²) in [5.74, 6) is 3.36. The molecule has 2 fully saturated rings. The van der Waals surface area contributed by atoms with E-state index in [4.69, 9.17) is 11.6 Å². The zero-order valence-electron chi connectivity index (χ0n) is 13.0. The molecule has 3 heteroatoms. The van der Waals surface area contributed by atoms with Gasteiger partial charge in [-0.05, 0) is 43.4 Å². The maximum absolute atomic E-state index is 12.5. The molecule has 20 heavy (non-hydrogen) atoms. The summed E-state index contributed by atoms with van der Waals surface area (Å²) in [6, 6.07) is 0.240. The van der Waals surface area contributed by atoms with Gasteiger partial charge in [-0.1, -0.05) is 39.5 Å². The zero-order valence-corrected chi connectivity index (χ0v) is 13.8. The molecular weight excluding hydrogens is 270 g/mol. The molecule has 4 unspecified atom stereocenters. The lowest BCUT2D eigenvalue weighted by molar-refractivity contribution is -0.128. The van der Waals surface area contributed by atoms with E-state index in [1.165, 1.54) is 32.1 Å². The van der Waals surface area contributed by atoms with Crippen LogP contribution in [0, 0.1) is 23.7 Å². The largest absolute Gasteiger partial charge is 0.353 e. The van der Waals surface area contributed by atoms with Crippen molar-refractivity contribution in [2.24, 2.45) is 23.7 Å². The number of halogens is 1. The van der Waals surface area contributed by atoms with E-state index in [0.717, 1.165) is 31.1 Å². The third-order valence-corrected chi connectivity index (χ3v) is 5.68. The Morgan fingerprint density at radius 2 is 1.85 bits per heavy atom. The fourth-order valence-corrected chi connectivity index (χ4v) is 4.34. The molecule has 1 N–H and O–H groups in total. The fraction of sp³-hybridized carbons (Fsp3) is 0.941. The number of hydrogen-bond donors (Lipinski definition) is 1. The molecule has 0 bridgehead atoms. The maximum atomic E-state index is 12.5. The van der Waals surface area contributed by atoms with Crippen LogP contribution in [0.5, 0.6) is 0 Å². The summed E-state index contributed by atoms with van der Waals surface area (Å²) in [5, 5.41) is 3.26. The summed E-state index contributed by atoms with van der Waals surface area (Å²) in [7, 11) is 0. The number of nitrogens with one attached hydrogen (secondary N) is 1. The Kier molecular flexibility index (Phi) is 6.20. The summed E-state index contributed by atoms with van der Waals surface area (Å²) in [6.07, 6.45) is 9.90. The van der Waals surface area contributed by atoms with E-state index in [1.807, 2.05) is 0 Å². The highest BCUT2D eigenvalue weighted by molar-refractivity contribution is 6.17. The second-order valence-electron chi connectivity index (χ2n) is 7.15. The Morgan fingerprint density at radius 1 is 1.15 bits per heavy atom. The number of alkyl halides is 1. The van der Waals surface area contributed by atoms with Crippen LogP contribution in [0.25, 0.3) is 0 Å². The van der Waals surface area contributed by atoms with Gasteiger partial charge in [0.2, 0.25) is 5.91 Å². The molecule has 0 radical (unpaired) electrons. The number of amides is 1. The molecule has 0 saturated heterocycles. The topological polar surface area (TPSA) is 29.1 Å². The van der Waals surface area contributed by atoms with Crippen LogP contribution in [0.4, 0.5) is 0 Å². The normalized spacial score (nSPS) is 31.7. The third kappa shape index (κ3) is 4.13. The summed E-state index contributed by atoms with van der Waals surface area (Å²) >= 11 is 5.85. The predicted octanol–water partition coefficient (Wildman–Crippen LogP) is 4.36. The number of carbonyl (C=O) groups excluding carboxylic acids is 1. The number of rotatable bonds is 5. The average molecular weight is 300 g/mol. The molecule has 2 rings (SSSR count). The highest BCUT2D eigenvalue weighted by atomic mass is 35.5. The first-order valence-electron chi connectivity index (χ1n) is 8.48. The van der Waals surface area contributed by atoms with Gasteiger partial charge in [-0.25, -0.2) is 0 Å². The smallest absolute Gasteiger partial charge is 0.223 e. The van der Waals surface area contributed by atoms with Crippen LogP contribution >= 0.6 is 11.6 Å². The van der Waals surface area contributed by atoms with Gasteiger partial charge >= 0.3 is 0 Å². The Bertz CT molecular complexity index is 318. The second-order valence-corrected chi connectivity index (χ2v) is 7.53. The molecule has 0 aliphatic heterocycles. The van der Waals surface area contributed by atoms with Crippen molar-refractivity contribution >= 4 is 17.5 Å². The highest BCUT2D eigenvalue weighted by Crippen LogP contribution is 2.42. The summed E-state index contributed by atoms with van der Waals surface area (Å²) in [6.45, 7) is 4.32. The van der Waals surface area contributed by atoms with E-state index < -0.39 is 0 Å². The molecule has 4 atom stereocenters. The van der Waals surface area contributed by atoms with Crippen molar-refractivity contribution in [2.45, 2.75) is 71.3 Å². The quantitative estimate of drug-likeness (QED) is 0.751. The molecule has 0 spiro atoms. The van der Waals surface area contributed by atoms with Crippen LogP contribution in [-0.4, -0.2) is 17.8 Å². The van der Waals surface area contributed by atoms with E-state index in [1.54, 1.807) is 0 Å². The Hall–Kier alpha value is -0.240. The monoisotopic (exact) mass is 299 g/mol. The molecule has 2 saturated carbocycles. The van der Waals surface area contributed by atoms with Gasteiger partial charge in [0.15, 0.2) is 0 Å². The first-order chi connectivity index (χ1) is 9.61. The number of fused-ring (bicyclic) bond motifs is 1. The van der Waals surface area contributed by atoms with Crippen LogP contribution in [-0.2, 0) is 4.79 Å². The highest BCUT2D eigenvalue weighted by Gasteiger charge is 2.35. The zero-order chi connectivity index (χ0) is 14.5. The third-order valence-electron chi connectivity index (χ3n) is 5.46. The van der Waals surface area contributed by atoms with Gasteiger partial charge in [0.25, 0.3) is 0 Å². The molecule has 1 amide bonds. The second kappa shape index (κ2) is 7.68. The van der Waals surface area contributed by atoms with Crippen LogP contribution in [0.15, 0.2) is 0 Å². The standard InChI is InChI=1S/C17H30ClNO/c1-12(2)16(9-10-18)19-17(20)15-8-7-13-5-3-4-6-14(13)11-15/h12-16H,3-11H2,1-2H3,(H,19,20). The van der Waals surface area contributed by atoms with Crippen LogP contribution in [0.2, 0.25) is 0 Å². The van der Waals surface area contributed by atoms with Gasteiger partial charge in [0.1, 0.15) is 0 Å². The van der Waals surface area contributed by atoms with Gasteiger partial charge in [-0.3, -0.25) is 4.79 Å². The number of carbonyl (C=O) groups is 1. The lowest BCUT2D eigenvalue weighted by atomic mass is 9.67. The lowest BCUT2D eigenvalue weighted by Gasteiger charge is -2.39. The summed E-state index contributed by atoms with van der Waals surface area (Å²) in [4.78, 5) is 12.5. The van der Waals surface area contributed by atoms with Crippen molar-refractivity contribution in [3.63, 3.8) is 0 Å². The van der Waals surface area contributed by atoms with E-state index in [9.17, 15) is 4.79 Å².